The molecule has 0 radical (unpaired) electrons. The van der Waals surface area contributed by atoms with Crippen LogP contribution in [0.3, 0.4) is 0 Å². The molecule has 1 heterocycles. The fourth-order valence-corrected chi connectivity index (χ4v) is 3.71. The summed E-state index contributed by atoms with van der Waals surface area (Å²) in [6, 6.07) is 0. The maximum atomic E-state index is 11.8. The van der Waals surface area contributed by atoms with Crippen molar-refractivity contribution in [2.75, 3.05) is 25.4 Å². The van der Waals surface area contributed by atoms with E-state index in [0.29, 0.717) is 31.3 Å². The van der Waals surface area contributed by atoms with Crippen molar-refractivity contribution in [2.45, 2.75) is 32.6 Å². The number of nitrogens with two attached hydrogens (primary N) is 1. The van der Waals surface area contributed by atoms with Crippen LogP contribution in [0.1, 0.15) is 32.6 Å². The van der Waals surface area contributed by atoms with Gasteiger partial charge in [-0.15, -0.1) is 0 Å². The van der Waals surface area contributed by atoms with Crippen LogP contribution in [0.5, 0.6) is 0 Å². The first kappa shape index (κ1) is 12.9. The zero-order chi connectivity index (χ0) is 11.3. The Morgan fingerprint density at radius 2 is 2.20 bits per heavy atom. The monoisotopic (exact) mass is 234 g/mol. The van der Waals surface area contributed by atoms with E-state index in [2.05, 4.69) is 0 Å². The van der Waals surface area contributed by atoms with Crippen molar-refractivity contribution in [3.8, 4) is 0 Å². The summed E-state index contributed by atoms with van der Waals surface area (Å²) in [5.74, 6) is 0.783. The molecule has 0 bridgehead atoms. The van der Waals surface area contributed by atoms with E-state index in [0.717, 1.165) is 25.7 Å². The molecule has 1 aliphatic rings. The number of unbranched alkanes of at least 4 members (excludes halogenated alkanes) is 1. The van der Waals surface area contributed by atoms with Gasteiger partial charge in [-0.2, -0.15) is 0 Å². The van der Waals surface area contributed by atoms with Crippen molar-refractivity contribution in [3.05, 3.63) is 0 Å². The molecule has 1 unspecified atom stereocenters. The fourth-order valence-electron chi connectivity index (χ4n) is 1.98. The predicted octanol–water partition coefficient (Wildman–Crippen LogP) is 0.787. The van der Waals surface area contributed by atoms with Gasteiger partial charge in [0, 0.05) is 13.1 Å². The van der Waals surface area contributed by atoms with Gasteiger partial charge in [0.2, 0.25) is 10.0 Å². The van der Waals surface area contributed by atoms with Crippen molar-refractivity contribution in [2.24, 2.45) is 11.7 Å². The Kier molecular flexibility index (Phi) is 5.02. The highest BCUT2D eigenvalue weighted by Crippen LogP contribution is 2.22. The Bertz CT molecular complexity index is 277. The highest BCUT2D eigenvalue weighted by molar-refractivity contribution is 7.89. The highest BCUT2D eigenvalue weighted by atomic mass is 32.2. The summed E-state index contributed by atoms with van der Waals surface area (Å²) in [6.07, 6.45) is 3.61. The average Bonchev–Trinajstić information content (AvgIpc) is 2.65. The van der Waals surface area contributed by atoms with Crippen LogP contribution in [-0.2, 0) is 10.0 Å². The Labute approximate surface area is 92.9 Å². The molecule has 0 aromatic heterocycles. The van der Waals surface area contributed by atoms with Gasteiger partial charge in [-0.25, -0.2) is 12.7 Å². The molecule has 0 spiro atoms. The number of hydrogen-bond acceptors (Lipinski definition) is 3. The Morgan fingerprint density at radius 3 is 2.80 bits per heavy atom. The molecule has 0 amide bonds. The molecule has 1 rings (SSSR count). The molecule has 1 fully saturated rings. The summed E-state index contributed by atoms with van der Waals surface area (Å²) < 4.78 is 25.3. The minimum Gasteiger partial charge on any atom is -0.330 e. The van der Waals surface area contributed by atoms with E-state index in [9.17, 15) is 8.42 Å². The molecule has 0 saturated carbocycles. The minimum atomic E-state index is -2.98. The summed E-state index contributed by atoms with van der Waals surface area (Å²) in [6.45, 7) is 4.05. The van der Waals surface area contributed by atoms with E-state index in [4.69, 9.17) is 5.73 Å². The first-order valence-electron chi connectivity index (χ1n) is 5.78. The fraction of sp³-hybridized carbons (Fsp3) is 1.00. The van der Waals surface area contributed by atoms with Crippen molar-refractivity contribution < 1.29 is 8.42 Å². The summed E-state index contributed by atoms with van der Waals surface area (Å²) in [7, 11) is -2.98. The summed E-state index contributed by atoms with van der Waals surface area (Å²) >= 11 is 0. The molecule has 1 aliphatic heterocycles. The summed E-state index contributed by atoms with van der Waals surface area (Å²) in [5, 5.41) is 0. The lowest BCUT2D eigenvalue weighted by Gasteiger charge is -2.16. The molecule has 1 saturated heterocycles. The lowest BCUT2D eigenvalue weighted by molar-refractivity contribution is 0.447. The second-order valence-electron chi connectivity index (χ2n) is 4.26. The Morgan fingerprint density at radius 1 is 1.47 bits per heavy atom. The highest BCUT2D eigenvalue weighted by Gasteiger charge is 2.30. The second-order valence-corrected chi connectivity index (χ2v) is 6.35. The molecule has 2 N–H and O–H groups in total. The quantitative estimate of drug-likeness (QED) is 0.739. The lowest BCUT2D eigenvalue weighted by atomic mass is 10.1. The maximum absolute atomic E-state index is 11.8. The maximum Gasteiger partial charge on any atom is 0.214 e. The van der Waals surface area contributed by atoms with Crippen LogP contribution in [0.15, 0.2) is 0 Å². The normalized spacial score (nSPS) is 23.5. The van der Waals surface area contributed by atoms with E-state index >= 15 is 0 Å². The van der Waals surface area contributed by atoms with Crippen molar-refractivity contribution in [1.82, 2.24) is 4.31 Å². The second kappa shape index (κ2) is 5.82. The van der Waals surface area contributed by atoms with Gasteiger partial charge in [-0.05, 0) is 31.7 Å². The smallest absolute Gasteiger partial charge is 0.214 e. The molecule has 5 heteroatoms. The van der Waals surface area contributed by atoms with Gasteiger partial charge in [0.25, 0.3) is 0 Å². The molecular weight excluding hydrogens is 212 g/mol. The molecule has 4 nitrogen and oxygen atoms in total. The zero-order valence-corrected chi connectivity index (χ0v) is 10.3. The van der Waals surface area contributed by atoms with Crippen LogP contribution >= 0.6 is 0 Å². The predicted molar refractivity (Wildman–Crippen MR) is 62.0 cm³/mol. The molecule has 1 atom stereocenters. The lowest BCUT2D eigenvalue weighted by Crippen LogP contribution is -2.31. The molecule has 0 aliphatic carbocycles. The minimum absolute atomic E-state index is 0.304. The van der Waals surface area contributed by atoms with Crippen molar-refractivity contribution in [3.63, 3.8) is 0 Å². The van der Waals surface area contributed by atoms with Gasteiger partial charge in [0.05, 0.1) is 5.75 Å². The van der Waals surface area contributed by atoms with Gasteiger partial charge in [0.1, 0.15) is 0 Å². The van der Waals surface area contributed by atoms with E-state index in [1.807, 2.05) is 6.92 Å². The van der Waals surface area contributed by atoms with Crippen LogP contribution in [0.4, 0.5) is 0 Å². The molecule has 0 aromatic carbocycles. The summed E-state index contributed by atoms with van der Waals surface area (Å²) in [5.41, 5.74) is 5.48. The topological polar surface area (TPSA) is 63.4 Å². The standard InChI is InChI=1S/C10H22N2O2S/c1-2-3-8-15(13,14)12-7-5-10(9-12)4-6-11/h10H,2-9,11H2,1H3. The van der Waals surface area contributed by atoms with E-state index in [-0.39, 0.29) is 0 Å². The third-order valence-electron chi connectivity index (χ3n) is 2.97. The van der Waals surface area contributed by atoms with E-state index in [1.54, 1.807) is 4.31 Å². The number of hydrogen-bond donors (Lipinski definition) is 1. The van der Waals surface area contributed by atoms with Gasteiger partial charge in [0.15, 0.2) is 0 Å². The first-order valence-corrected chi connectivity index (χ1v) is 7.39. The number of sulfonamides is 1. The van der Waals surface area contributed by atoms with Crippen LogP contribution in [0.25, 0.3) is 0 Å². The molecule has 90 valence electrons. The number of nitrogens with zero attached hydrogens (tertiary/aromatic N) is 1. The average molecular weight is 234 g/mol. The largest absolute Gasteiger partial charge is 0.330 e. The Balaban J connectivity index is 2.45. The SMILES string of the molecule is CCCCS(=O)(=O)N1CCC(CCN)C1. The van der Waals surface area contributed by atoms with E-state index in [1.165, 1.54) is 0 Å². The van der Waals surface area contributed by atoms with Gasteiger partial charge in [-0.1, -0.05) is 13.3 Å². The van der Waals surface area contributed by atoms with Gasteiger partial charge < -0.3 is 5.73 Å². The number of rotatable bonds is 6. The van der Waals surface area contributed by atoms with E-state index < -0.39 is 10.0 Å². The van der Waals surface area contributed by atoms with Crippen LogP contribution in [-0.4, -0.2) is 38.1 Å². The third-order valence-corrected chi connectivity index (χ3v) is 4.90. The van der Waals surface area contributed by atoms with Crippen molar-refractivity contribution >= 4 is 10.0 Å². The van der Waals surface area contributed by atoms with Crippen LogP contribution in [0, 0.1) is 5.92 Å². The molecule has 0 aromatic rings. The Hall–Kier alpha value is -0.130. The van der Waals surface area contributed by atoms with Gasteiger partial charge in [-0.3, -0.25) is 0 Å². The van der Waals surface area contributed by atoms with Crippen LogP contribution in [0.2, 0.25) is 0 Å². The first-order chi connectivity index (χ1) is 7.10. The summed E-state index contributed by atoms with van der Waals surface area (Å²) in [4.78, 5) is 0. The molecular formula is C10H22N2O2S. The van der Waals surface area contributed by atoms with Crippen molar-refractivity contribution in [1.29, 1.82) is 0 Å². The molecule has 15 heavy (non-hydrogen) atoms. The van der Waals surface area contributed by atoms with Crippen LogP contribution < -0.4 is 5.73 Å². The third kappa shape index (κ3) is 3.74. The zero-order valence-electron chi connectivity index (χ0n) is 9.48. The van der Waals surface area contributed by atoms with Gasteiger partial charge >= 0.3 is 0 Å².